The number of H-pyrrole nitrogens is 1. The Morgan fingerprint density at radius 3 is 2.92 bits per heavy atom. The molecule has 3 heterocycles. The van der Waals surface area contributed by atoms with Gasteiger partial charge in [0.25, 0.3) is 0 Å². The van der Waals surface area contributed by atoms with E-state index >= 15 is 0 Å². The molecule has 26 heavy (non-hydrogen) atoms. The second-order valence-electron chi connectivity index (χ2n) is 7.32. The van der Waals surface area contributed by atoms with Crippen LogP contribution in [0.4, 0.5) is 5.82 Å². The third kappa shape index (κ3) is 3.19. The lowest BCUT2D eigenvalue weighted by Gasteiger charge is -2.42. The van der Waals surface area contributed by atoms with Crippen molar-refractivity contribution in [2.75, 3.05) is 37.9 Å². The van der Waals surface area contributed by atoms with E-state index in [4.69, 9.17) is 4.74 Å². The van der Waals surface area contributed by atoms with Gasteiger partial charge >= 0.3 is 0 Å². The summed E-state index contributed by atoms with van der Waals surface area (Å²) in [5.41, 5.74) is 0.821. The number of hydrogen-bond donors (Lipinski definition) is 1. The number of nitrogens with zero attached hydrogens (tertiary/aromatic N) is 4. The zero-order valence-electron chi connectivity index (χ0n) is 15.1. The molecule has 2 fully saturated rings. The Hall–Kier alpha value is -1.71. The molecule has 0 spiro atoms. The van der Waals surface area contributed by atoms with Gasteiger partial charge < -0.3 is 14.6 Å². The van der Waals surface area contributed by atoms with Gasteiger partial charge in [-0.15, -0.1) is 0 Å². The summed E-state index contributed by atoms with van der Waals surface area (Å²) in [6, 6.07) is 2.29. The Balaban J connectivity index is 1.36. The molecule has 8 nitrogen and oxygen atoms in total. The number of anilines is 1. The van der Waals surface area contributed by atoms with Crippen molar-refractivity contribution in [1.82, 2.24) is 19.3 Å². The minimum absolute atomic E-state index is 0.0339. The van der Waals surface area contributed by atoms with E-state index in [0.29, 0.717) is 19.1 Å². The molecular weight excluding hydrogens is 354 g/mol. The lowest BCUT2D eigenvalue weighted by Crippen LogP contribution is -2.46. The number of rotatable bonds is 6. The van der Waals surface area contributed by atoms with Crippen LogP contribution >= 0.6 is 0 Å². The van der Waals surface area contributed by atoms with E-state index < -0.39 is 10.0 Å². The highest BCUT2D eigenvalue weighted by Crippen LogP contribution is 2.36. The highest BCUT2D eigenvalue weighted by Gasteiger charge is 2.39. The van der Waals surface area contributed by atoms with Gasteiger partial charge in [-0.05, 0) is 31.2 Å². The van der Waals surface area contributed by atoms with Crippen LogP contribution in [0.15, 0.2) is 18.6 Å². The van der Waals surface area contributed by atoms with Crippen LogP contribution in [0.1, 0.15) is 19.3 Å². The monoisotopic (exact) mass is 379 g/mol. The molecule has 1 N–H and O–H groups in total. The third-order valence-electron chi connectivity index (χ3n) is 5.71. The third-order valence-corrected chi connectivity index (χ3v) is 7.72. The van der Waals surface area contributed by atoms with Crippen LogP contribution in [0.25, 0.3) is 11.0 Å². The zero-order valence-corrected chi connectivity index (χ0v) is 15.9. The average Bonchev–Trinajstić information content (AvgIpc) is 3.25. The molecule has 0 aromatic carbocycles. The minimum Gasteiger partial charge on any atom is -0.380 e. The van der Waals surface area contributed by atoms with Gasteiger partial charge in [0.15, 0.2) is 0 Å². The first kappa shape index (κ1) is 17.7. The van der Waals surface area contributed by atoms with Crippen molar-refractivity contribution in [2.45, 2.75) is 31.4 Å². The van der Waals surface area contributed by atoms with Gasteiger partial charge in [-0.25, -0.2) is 18.4 Å². The Morgan fingerprint density at radius 1 is 1.38 bits per heavy atom. The van der Waals surface area contributed by atoms with Crippen molar-refractivity contribution in [3.63, 3.8) is 0 Å². The summed E-state index contributed by atoms with van der Waals surface area (Å²) in [6.45, 7) is 1.06. The molecule has 142 valence electrons. The van der Waals surface area contributed by atoms with Gasteiger partial charge in [0.1, 0.15) is 17.8 Å². The van der Waals surface area contributed by atoms with Gasteiger partial charge in [0.2, 0.25) is 10.0 Å². The van der Waals surface area contributed by atoms with E-state index in [1.807, 2.05) is 19.3 Å². The number of fused-ring (bicyclic) bond motifs is 1. The predicted molar refractivity (Wildman–Crippen MR) is 99.6 cm³/mol. The Morgan fingerprint density at radius 2 is 2.19 bits per heavy atom. The molecule has 1 saturated carbocycles. The number of methoxy groups -OCH3 is 1. The Kier molecular flexibility index (Phi) is 4.62. The van der Waals surface area contributed by atoms with Gasteiger partial charge in [0.05, 0.1) is 17.2 Å². The number of sulfonamides is 1. The molecule has 4 rings (SSSR count). The molecule has 1 aliphatic heterocycles. The van der Waals surface area contributed by atoms with Crippen LogP contribution in [0.5, 0.6) is 0 Å². The number of hydrogen-bond acceptors (Lipinski definition) is 6. The molecule has 0 radical (unpaired) electrons. The van der Waals surface area contributed by atoms with E-state index in [9.17, 15) is 8.42 Å². The summed E-state index contributed by atoms with van der Waals surface area (Å²) in [6.07, 6.45) is 5.97. The molecule has 1 aliphatic carbocycles. The number of aromatic nitrogens is 3. The van der Waals surface area contributed by atoms with E-state index in [1.165, 1.54) is 0 Å². The molecular formula is C17H25N5O3S. The molecule has 0 unspecified atom stereocenters. The Bertz CT molecular complexity index is 877. The topological polar surface area (TPSA) is 91.4 Å². The zero-order chi connectivity index (χ0) is 18.3. The molecule has 0 amide bonds. The summed E-state index contributed by atoms with van der Waals surface area (Å²) < 4.78 is 32.1. The van der Waals surface area contributed by atoms with Crippen molar-refractivity contribution in [3.05, 3.63) is 18.6 Å². The largest absolute Gasteiger partial charge is 0.380 e. The van der Waals surface area contributed by atoms with E-state index in [-0.39, 0.29) is 17.8 Å². The van der Waals surface area contributed by atoms with Crippen LogP contribution in [-0.4, -0.2) is 72.8 Å². The molecule has 1 atom stereocenters. The van der Waals surface area contributed by atoms with Crippen molar-refractivity contribution in [2.24, 2.45) is 5.92 Å². The summed E-state index contributed by atoms with van der Waals surface area (Å²) >= 11 is 0. The summed E-state index contributed by atoms with van der Waals surface area (Å²) in [4.78, 5) is 13.9. The van der Waals surface area contributed by atoms with Crippen LogP contribution in [-0.2, 0) is 14.8 Å². The quantitative estimate of drug-likeness (QED) is 0.812. The maximum Gasteiger partial charge on any atom is 0.214 e. The van der Waals surface area contributed by atoms with Crippen LogP contribution in [0, 0.1) is 5.92 Å². The van der Waals surface area contributed by atoms with E-state index in [0.717, 1.165) is 36.1 Å². The SMILES string of the molecule is CO[C@@H]1CCN(S(=O)(=O)C[C@H]2C[C@@H](N(C)c3ncnc4[nH]ccc34)C2)C1. The molecule has 0 bridgehead atoms. The van der Waals surface area contributed by atoms with E-state index in [1.54, 1.807) is 17.7 Å². The number of ether oxygens (including phenoxy) is 1. The Labute approximate surface area is 153 Å². The predicted octanol–water partition coefficient (Wildman–Crippen LogP) is 1.22. The summed E-state index contributed by atoms with van der Waals surface area (Å²) in [5, 5.41) is 0.994. The fourth-order valence-corrected chi connectivity index (χ4v) is 5.87. The second-order valence-corrected chi connectivity index (χ2v) is 9.34. The van der Waals surface area contributed by atoms with Crippen molar-refractivity contribution in [3.8, 4) is 0 Å². The normalized spacial score (nSPS) is 26.9. The minimum atomic E-state index is -3.20. The smallest absolute Gasteiger partial charge is 0.214 e. The average molecular weight is 379 g/mol. The van der Waals surface area contributed by atoms with Crippen molar-refractivity contribution < 1.29 is 13.2 Å². The van der Waals surface area contributed by atoms with Gasteiger partial charge in [-0.1, -0.05) is 0 Å². The first-order valence-electron chi connectivity index (χ1n) is 8.99. The summed E-state index contributed by atoms with van der Waals surface area (Å²) in [7, 11) is 0.464. The first-order chi connectivity index (χ1) is 12.5. The fourth-order valence-electron chi connectivity index (χ4n) is 4.01. The molecule has 2 aliphatic rings. The van der Waals surface area contributed by atoms with Crippen molar-refractivity contribution in [1.29, 1.82) is 0 Å². The first-order valence-corrected chi connectivity index (χ1v) is 10.6. The molecule has 2 aromatic heterocycles. The maximum absolute atomic E-state index is 12.6. The van der Waals surface area contributed by atoms with Gasteiger partial charge in [0, 0.05) is 39.5 Å². The lowest BCUT2D eigenvalue weighted by molar-refractivity contribution is 0.115. The second kappa shape index (κ2) is 6.79. The van der Waals surface area contributed by atoms with Crippen molar-refractivity contribution >= 4 is 26.9 Å². The number of aromatic amines is 1. The maximum atomic E-state index is 12.6. The highest BCUT2D eigenvalue weighted by molar-refractivity contribution is 7.89. The van der Waals surface area contributed by atoms with Crippen LogP contribution < -0.4 is 4.90 Å². The highest BCUT2D eigenvalue weighted by atomic mass is 32.2. The molecule has 2 aromatic rings. The van der Waals surface area contributed by atoms with Gasteiger partial charge in [-0.3, -0.25) is 0 Å². The van der Waals surface area contributed by atoms with Crippen LogP contribution in [0.3, 0.4) is 0 Å². The van der Waals surface area contributed by atoms with Crippen LogP contribution in [0.2, 0.25) is 0 Å². The molecule has 9 heteroatoms. The number of nitrogens with one attached hydrogen (secondary N) is 1. The fraction of sp³-hybridized carbons (Fsp3) is 0.647. The van der Waals surface area contributed by atoms with E-state index in [2.05, 4.69) is 19.9 Å². The molecule has 1 saturated heterocycles. The standard InChI is InChI=1S/C17H25N5O3S/c1-21(17-15-3-5-18-16(15)19-11-20-17)13-7-12(8-13)10-26(23,24)22-6-4-14(9-22)25-2/h3,5,11-14H,4,6-10H2,1-2H3,(H,18,19,20)/t12-,13+,14-/m1/s1. The lowest BCUT2D eigenvalue weighted by atomic mass is 9.81. The summed E-state index contributed by atoms with van der Waals surface area (Å²) in [5.74, 6) is 1.33. The van der Waals surface area contributed by atoms with Gasteiger partial charge in [-0.2, -0.15) is 4.31 Å².